The molecule has 4 unspecified atom stereocenters. The molecule has 0 aliphatic heterocycles. The number of rotatable bonds is 15. The minimum absolute atomic E-state index is 0.00483. The van der Waals surface area contributed by atoms with Crippen LogP contribution in [-0.4, -0.2) is 60.8 Å². The summed E-state index contributed by atoms with van der Waals surface area (Å²) in [6, 6.07) is 6.33. The molecule has 0 aromatic heterocycles. The Bertz CT molecular complexity index is 667. The number of aliphatic hydroxyl groups excluding tert-OH is 3. The summed E-state index contributed by atoms with van der Waals surface area (Å²) in [6.07, 6.45) is 6.78. The number of benzene rings is 1. The Balaban J connectivity index is 1.75. The number of aliphatic hydroxyl groups is 3. The first-order chi connectivity index (χ1) is 15.3. The average Bonchev–Trinajstić information content (AvgIpc) is 3.02. The standard InChI is InChI=1S/C25H40O6S/c1-2-3-5-8-19(27)16-32-24-21(22(28)15-23(24)29)10-7-4-6-9-20(25(30)31)17-11-13-18(26)14-12-17/h11-14,19-24,26-29H,2-10,15-16H2,1H3,(H,30,31)/t19?,20?,21-,22?,23?,24+/m0/s1. The lowest BCUT2D eigenvalue weighted by Gasteiger charge is -2.24. The molecular formula is C25H40O6S. The van der Waals surface area contributed by atoms with Crippen molar-refractivity contribution in [3.63, 3.8) is 0 Å². The van der Waals surface area contributed by atoms with Crippen molar-refractivity contribution in [1.82, 2.24) is 0 Å². The van der Waals surface area contributed by atoms with E-state index in [2.05, 4.69) is 6.92 Å². The van der Waals surface area contributed by atoms with Gasteiger partial charge in [-0.2, -0.15) is 11.8 Å². The van der Waals surface area contributed by atoms with Crippen LogP contribution in [0.5, 0.6) is 5.75 Å². The summed E-state index contributed by atoms with van der Waals surface area (Å²) in [6.45, 7) is 2.14. The molecule has 1 aromatic rings. The molecule has 32 heavy (non-hydrogen) atoms. The second kappa shape index (κ2) is 14.1. The molecule has 6 nitrogen and oxygen atoms in total. The highest BCUT2D eigenvalue weighted by Gasteiger charge is 2.41. The van der Waals surface area contributed by atoms with Crippen LogP contribution in [0.2, 0.25) is 0 Å². The van der Waals surface area contributed by atoms with Crippen molar-refractivity contribution < 1.29 is 30.3 Å². The van der Waals surface area contributed by atoms with E-state index in [9.17, 15) is 30.3 Å². The zero-order valence-corrected chi connectivity index (χ0v) is 19.9. The molecule has 7 heteroatoms. The number of thioether (sulfide) groups is 1. The predicted octanol–water partition coefficient (Wildman–Crippen LogP) is 4.30. The SMILES string of the molecule is CCCCCC(O)CS[C@H]1C(O)CC(O)[C@@H]1CCCCCC(C(=O)O)c1ccc(O)cc1. The normalized spacial score (nSPS) is 25.0. The van der Waals surface area contributed by atoms with Crippen LogP contribution in [0.15, 0.2) is 24.3 Å². The maximum atomic E-state index is 11.6. The molecule has 0 heterocycles. The highest BCUT2D eigenvalue weighted by atomic mass is 32.2. The summed E-state index contributed by atoms with van der Waals surface area (Å²) in [5.41, 5.74) is 0.693. The number of phenolic OH excluding ortho intramolecular Hbond substituents is 1. The first kappa shape index (κ1) is 27.0. The first-order valence-electron chi connectivity index (χ1n) is 12.0. The molecule has 1 aliphatic rings. The van der Waals surface area contributed by atoms with E-state index in [-0.39, 0.29) is 23.0 Å². The molecule has 2 rings (SSSR count). The largest absolute Gasteiger partial charge is 0.508 e. The molecule has 0 bridgehead atoms. The molecule has 0 saturated heterocycles. The van der Waals surface area contributed by atoms with Gasteiger partial charge in [-0.1, -0.05) is 57.6 Å². The Labute approximate surface area is 196 Å². The van der Waals surface area contributed by atoms with E-state index in [1.807, 2.05) is 0 Å². The molecule has 0 radical (unpaired) electrons. The number of aliphatic carboxylic acids is 1. The number of aromatic hydroxyl groups is 1. The molecule has 5 N–H and O–H groups in total. The molecular weight excluding hydrogens is 428 g/mol. The predicted molar refractivity (Wildman–Crippen MR) is 128 cm³/mol. The third-order valence-corrected chi connectivity index (χ3v) is 8.15. The second-order valence-electron chi connectivity index (χ2n) is 9.10. The maximum Gasteiger partial charge on any atom is 0.310 e. The number of carbonyl (C=O) groups is 1. The van der Waals surface area contributed by atoms with Crippen molar-refractivity contribution in [2.24, 2.45) is 5.92 Å². The molecule has 6 atom stereocenters. The van der Waals surface area contributed by atoms with Gasteiger partial charge in [0.2, 0.25) is 0 Å². The zero-order chi connectivity index (χ0) is 23.5. The van der Waals surface area contributed by atoms with Gasteiger partial charge in [0.15, 0.2) is 0 Å². The lowest BCUT2D eigenvalue weighted by molar-refractivity contribution is -0.139. The Kier molecular flexibility index (Phi) is 11.9. The first-order valence-corrected chi connectivity index (χ1v) is 13.1. The van der Waals surface area contributed by atoms with Gasteiger partial charge in [-0.15, -0.1) is 0 Å². The third kappa shape index (κ3) is 8.58. The van der Waals surface area contributed by atoms with Crippen LogP contribution in [0, 0.1) is 5.92 Å². The van der Waals surface area contributed by atoms with E-state index in [4.69, 9.17) is 0 Å². The summed E-state index contributed by atoms with van der Waals surface area (Å²) in [5.74, 6) is -0.742. The molecule has 1 aliphatic carbocycles. The molecule has 1 saturated carbocycles. The fourth-order valence-corrected chi connectivity index (χ4v) is 6.14. The van der Waals surface area contributed by atoms with Gasteiger partial charge in [-0.25, -0.2) is 0 Å². The summed E-state index contributed by atoms with van der Waals surface area (Å²) in [4.78, 5) is 11.6. The van der Waals surface area contributed by atoms with Crippen molar-refractivity contribution in [1.29, 1.82) is 0 Å². The van der Waals surface area contributed by atoms with Crippen molar-refractivity contribution >= 4 is 17.7 Å². The van der Waals surface area contributed by atoms with Gasteiger partial charge in [0, 0.05) is 17.4 Å². The number of hydrogen-bond donors (Lipinski definition) is 5. The highest BCUT2D eigenvalue weighted by Crippen LogP contribution is 2.39. The van der Waals surface area contributed by atoms with E-state index in [0.29, 0.717) is 24.2 Å². The van der Waals surface area contributed by atoms with Crippen LogP contribution >= 0.6 is 11.8 Å². The van der Waals surface area contributed by atoms with Crippen LogP contribution < -0.4 is 0 Å². The van der Waals surface area contributed by atoms with Gasteiger partial charge in [0.05, 0.1) is 24.2 Å². The van der Waals surface area contributed by atoms with Crippen LogP contribution in [-0.2, 0) is 4.79 Å². The Morgan fingerprint density at radius 1 is 1.03 bits per heavy atom. The maximum absolute atomic E-state index is 11.6. The fraction of sp³-hybridized carbons (Fsp3) is 0.720. The molecule has 1 fully saturated rings. The number of carboxylic acid groups (broad SMARTS) is 1. The lowest BCUT2D eigenvalue weighted by Crippen LogP contribution is -2.27. The van der Waals surface area contributed by atoms with Gasteiger partial charge in [-0.3, -0.25) is 4.79 Å². The Hall–Kier alpha value is -1.28. The van der Waals surface area contributed by atoms with Crippen LogP contribution in [0.1, 0.15) is 82.6 Å². The van der Waals surface area contributed by atoms with Gasteiger partial charge in [0.25, 0.3) is 0 Å². The van der Waals surface area contributed by atoms with E-state index in [0.717, 1.165) is 51.4 Å². The number of hydrogen-bond acceptors (Lipinski definition) is 6. The quantitative estimate of drug-likeness (QED) is 0.244. The minimum atomic E-state index is -0.862. The van der Waals surface area contributed by atoms with Crippen molar-refractivity contribution in [2.75, 3.05) is 5.75 Å². The highest BCUT2D eigenvalue weighted by molar-refractivity contribution is 8.00. The zero-order valence-electron chi connectivity index (χ0n) is 19.1. The Morgan fingerprint density at radius 3 is 2.38 bits per heavy atom. The molecule has 182 valence electrons. The summed E-state index contributed by atoms with van der Waals surface area (Å²) >= 11 is 1.58. The van der Waals surface area contributed by atoms with Crippen LogP contribution in [0.25, 0.3) is 0 Å². The van der Waals surface area contributed by atoms with E-state index in [1.54, 1.807) is 23.9 Å². The van der Waals surface area contributed by atoms with Crippen molar-refractivity contribution in [3.8, 4) is 5.75 Å². The smallest absolute Gasteiger partial charge is 0.310 e. The van der Waals surface area contributed by atoms with Gasteiger partial charge >= 0.3 is 5.97 Å². The van der Waals surface area contributed by atoms with Crippen molar-refractivity contribution in [3.05, 3.63) is 29.8 Å². The van der Waals surface area contributed by atoms with Crippen LogP contribution in [0.3, 0.4) is 0 Å². The number of carboxylic acids is 1. The summed E-state index contributed by atoms with van der Waals surface area (Å²) in [7, 11) is 0. The summed E-state index contributed by atoms with van der Waals surface area (Å²) in [5, 5.41) is 49.9. The van der Waals surface area contributed by atoms with E-state index in [1.165, 1.54) is 12.1 Å². The molecule has 0 amide bonds. The van der Waals surface area contributed by atoms with Crippen molar-refractivity contribution in [2.45, 2.75) is 101 Å². The Morgan fingerprint density at radius 2 is 1.72 bits per heavy atom. The second-order valence-corrected chi connectivity index (χ2v) is 10.3. The number of unbranched alkanes of at least 4 members (excludes halogenated alkanes) is 4. The molecule has 1 aromatic carbocycles. The monoisotopic (exact) mass is 468 g/mol. The summed E-state index contributed by atoms with van der Waals surface area (Å²) < 4.78 is 0. The number of phenols is 1. The lowest BCUT2D eigenvalue weighted by atomic mass is 9.91. The van der Waals surface area contributed by atoms with E-state index < -0.39 is 24.1 Å². The fourth-order valence-electron chi connectivity index (χ4n) is 4.63. The van der Waals surface area contributed by atoms with E-state index >= 15 is 0 Å². The van der Waals surface area contributed by atoms with Gasteiger partial charge in [-0.05, 0) is 42.9 Å². The van der Waals surface area contributed by atoms with Gasteiger partial charge in [0.1, 0.15) is 5.75 Å². The van der Waals surface area contributed by atoms with Crippen LogP contribution in [0.4, 0.5) is 0 Å². The van der Waals surface area contributed by atoms with Gasteiger partial charge < -0.3 is 25.5 Å². The molecule has 0 spiro atoms. The third-order valence-electron chi connectivity index (χ3n) is 6.52. The topological polar surface area (TPSA) is 118 Å². The minimum Gasteiger partial charge on any atom is -0.508 e. The average molecular weight is 469 g/mol.